The van der Waals surface area contributed by atoms with Gasteiger partial charge in [-0.3, -0.25) is 14.0 Å². The molecule has 0 spiro atoms. The molecule has 138 valence electrons. The summed E-state index contributed by atoms with van der Waals surface area (Å²) < 4.78 is 15.2. The minimum atomic E-state index is -0.359. The molecule has 1 fully saturated rings. The highest BCUT2D eigenvalue weighted by Crippen LogP contribution is 2.23. The maximum atomic E-state index is 13.5. The minimum Gasteiger partial charge on any atom is -0.369 e. The number of piperidine rings is 1. The Morgan fingerprint density at radius 3 is 2.67 bits per heavy atom. The number of primary amides is 1. The van der Waals surface area contributed by atoms with Crippen LogP contribution in [0.1, 0.15) is 23.2 Å². The summed E-state index contributed by atoms with van der Waals surface area (Å²) >= 11 is 0. The summed E-state index contributed by atoms with van der Waals surface area (Å²) in [6.45, 7) is 0.985. The predicted molar refractivity (Wildman–Crippen MR) is 98.4 cm³/mol. The number of nitrogens with zero attached hydrogens (tertiary/aromatic N) is 3. The van der Waals surface area contributed by atoms with Gasteiger partial charge in [0.1, 0.15) is 11.5 Å². The maximum absolute atomic E-state index is 13.5. The lowest BCUT2D eigenvalue weighted by Crippen LogP contribution is -2.44. The van der Waals surface area contributed by atoms with Crippen LogP contribution in [0.15, 0.2) is 48.8 Å². The number of carbonyl (C=O) groups excluding carboxylic acids is 2. The SMILES string of the molecule is NC(=O)[C@H]1CCCN(C(=O)c2ccc(-c3cnc4ccc(F)cn34)cc2)C1. The van der Waals surface area contributed by atoms with Crippen molar-refractivity contribution < 1.29 is 14.0 Å². The van der Waals surface area contributed by atoms with E-state index in [-0.39, 0.29) is 23.5 Å². The van der Waals surface area contributed by atoms with Crippen molar-refractivity contribution in [3.05, 3.63) is 60.2 Å². The van der Waals surface area contributed by atoms with E-state index >= 15 is 0 Å². The number of fused-ring (bicyclic) bond motifs is 1. The standard InChI is InChI=1S/C20H19FN4O2/c21-16-7-8-18-23-10-17(25(18)12-16)13-3-5-14(6-4-13)20(27)24-9-1-2-15(11-24)19(22)26/h3-8,10,12,15H,1-2,9,11H2,(H2,22,26)/t15-/m0/s1. The second kappa shape index (κ2) is 6.83. The van der Waals surface area contributed by atoms with Crippen LogP contribution in [0.2, 0.25) is 0 Å². The Morgan fingerprint density at radius 2 is 1.93 bits per heavy atom. The zero-order valence-corrected chi connectivity index (χ0v) is 14.6. The average Bonchev–Trinajstić information content (AvgIpc) is 3.10. The number of halogens is 1. The molecule has 6 nitrogen and oxygen atoms in total. The first-order valence-corrected chi connectivity index (χ1v) is 8.84. The Bertz CT molecular complexity index is 1010. The van der Waals surface area contributed by atoms with Crippen molar-refractivity contribution in [2.45, 2.75) is 12.8 Å². The molecule has 2 N–H and O–H groups in total. The van der Waals surface area contributed by atoms with Crippen LogP contribution in [0.5, 0.6) is 0 Å². The van der Waals surface area contributed by atoms with Crippen molar-refractivity contribution >= 4 is 17.5 Å². The summed E-state index contributed by atoms with van der Waals surface area (Å²) in [7, 11) is 0. The van der Waals surface area contributed by atoms with Crippen molar-refractivity contribution in [3.8, 4) is 11.3 Å². The number of likely N-dealkylation sites (tertiary alicyclic amines) is 1. The van der Waals surface area contributed by atoms with E-state index in [0.29, 0.717) is 24.3 Å². The topological polar surface area (TPSA) is 80.7 Å². The Hall–Kier alpha value is -3.22. The molecule has 2 amide bonds. The third kappa shape index (κ3) is 3.28. The van der Waals surface area contributed by atoms with Gasteiger partial charge in [0, 0.05) is 30.4 Å². The normalized spacial score (nSPS) is 17.2. The average molecular weight is 366 g/mol. The summed E-state index contributed by atoms with van der Waals surface area (Å²) in [6, 6.07) is 10.1. The van der Waals surface area contributed by atoms with E-state index < -0.39 is 0 Å². The van der Waals surface area contributed by atoms with Crippen LogP contribution in [-0.2, 0) is 4.79 Å². The summed E-state index contributed by atoms with van der Waals surface area (Å²) in [5.41, 5.74) is 8.16. The van der Waals surface area contributed by atoms with Gasteiger partial charge in [-0.2, -0.15) is 0 Å². The Balaban J connectivity index is 1.57. The second-order valence-electron chi connectivity index (χ2n) is 6.79. The highest BCUT2D eigenvalue weighted by atomic mass is 19.1. The first-order valence-electron chi connectivity index (χ1n) is 8.84. The molecule has 0 aliphatic carbocycles. The molecular weight excluding hydrogens is 347 g/mol. The summed E-state index contributed by atoms with van der Waals surface area (Å²) in [5, 5.41) is 0. The molecule has 4 rings (SSSR count). The van der Waals surface area contributed by atoms with E-state index in [1.54, 1.807) is 33.7 Å². The van der Waals surface area contributed by atoms with Crippen LogP contribution >= 0.6 is 0 Å². The van der Waals surface area contributed by atoms with Crippen molar-refractivity contribution in [1.82, 2.24) is 14.3 Å². The van der Waals surface area contributed by atoms with Crippen molar-refractivity contribution in [2.24, 2.45) is 11.7 Å². The number of nitrogens with two attached hydrogens (primary N) is 1. The summed E-state index contributed by atoms with van der Waals surface area (Å²) in [4.78, 5) is 30.1. The molecule has 1 saturated heterocycles. The number of amides is 2. The van der Waals surface area contributed by atoms with Crippen LogP contribution in [-0.4, -0.2) is 39.2 Å². The molecule has 0 unspecified atom stereocenters. The predicted octanol–water partition coefficient (Wildman–Crippen LogP) is 2.48. The van der Waals surface area contributed by atoms with E-state index in [4.69, 9.17) is 5.73 Å². The Kier molecular flexibility index (Phi) is 4.35. The minimum absolute atomic E-state index is 0.114. The third-order valence-corrected chi connectivity index (χ3v) is 5.01. The van der Waals surface area contributed by atoms with E-state index in [2.05, 4.69) is 4.98 Å². The lowest BCUT2D eigenvalue weighted by molar-refractivity contribution is -0.123. The summed E-state index contributed by atoms with van der Waals surface area (Å²) in [5.74, 6) is -1.10. The number of benzene rings is 1. The van der Waals surface area contributed by atoms with Crippen LogP contribution < -0.4 is 5.73 Å². The smallest absolute Gasteiger partial charge is 0.253 e. The van der Waals surface area contributed by atoms with Gasteiger partial charge in [0.05, 0.1) is 17.8 Å². The van der Waals surface area contributed by atoms with Gasteiger partial charge < -0.3 is 10.6 Å². The molecule has 3 heterocycles. The van der Waals surface area contributed by atoms with Gasteiger partial charge >= 0.3 is 0 Å². The number of carbonyl (C=O) groups is 2. The first-order chi connectivity index (χ1) is 13.0. The van der Waals surface area contributed by atoms with Crippen molar-refractivity contribution in [2.75, 3.05) is 13.1 Å². The molecule has 0 saturated carbocycles. The van der Waals surface area contributed by atoms with Crippen LogP contribution in [0.4, 0.5) is 4.39 Å². The molecule has 0 radical (unpaired) electrons. The van der Waals surface area contributed by atoms with Crippen molar-refractivity contribution in [1.29, 1.82) is 0 Å². The number of pyridine rings is 1. The fourth-order valence-corrected chi connectivity index (χ4v) is 3.53. The number of hydrogen-bond acceptors (Lipinski definition) is 3. The molecule has 1 aliphatic heterocycles. The van der Waals surface area contributed by atoms with E-state index in [1.165, 1.54) is 12.3 Å². The van der Waals surface area contributed by atoms with Gasteiger partial charge in [0.15, 0.2) is 0 Å². The molecule has 2 aromatic heterocycles. The molecule has 1 aliphatic rings. The van der Waals surface area contributed by atoms with E-state index in [9.17, 15) is 14.0 Å². The van der Waals surface area contributed by atoms with Gasteiger partial charge in [0.2, 0.25) is 5.91 Å². The number of aromatic nitrogens is 2. The van der Waals surface area contributed by atoms with Gasteiger partial charge in [-0.05, 0) is 37.1 Å². The van der Waals surface area contributed by atoms with Crippen LogP contribution in [0.25, 0.3) is 16.9 Å². The molecule has 7 heteroatoms. The third-order valence-electron chi connectivity index (χ3n) is 5.01. The fourth-order valence-electron chi connectivity index (χ4n) is 3.53. The largest absolute Gasteiger partial charge is 0.369 e. The fraction of sp³-hybridized carbons (Fsp3) is 0.250. The van der Waals surface area contributed by atoms with E-state index in [1.807, 2.05) is 12.1 Å². The monoisotopic (exact) mass is 366 g/mol. The zero-order chi connectivity index (χ0) is 19.0. The van der Waals surface area contributed by atoms with Gasteiger partial charge in [-0.15, -0.1) is 0 Å². The number of rotatable bonds is 3. The Morgan fingerprint density at radius 1 is 1.15 bits per heavy atom. The molecule has 1 atom stereocenters. The highest BCUT2D eigenvalue weighted by Gasteiger charge is 2.27. The quantitative estimate of drug-likeness (QED) is 0.773. The van der Waals surface area contributed by atoms with Gasteiger partial charge in [-0.25, -0.2) is 9.37 Å². The molecule has 0 bridgehead atoms. The summed E-state index contributed by atoms with van der Waals surface area (Å²) in [6.07, 6.45) is 4.55. The molecule has 3 aromatic rings. The zero-order valence-electron chi connectivity index (χ0n) is 14.6. The lowest BCUT2D eigenvalue weighted by atomic mass is 9.96. The maximum Gasteiger partial charge on any atom is 0.253 e. The second-order valence-corrected chi connectivity index (χ2v) is 6.79. The van der Waals surface area contributed by atoms with Gasteiger partial charge in [-0.1, -0.05) is 12.1 Å². The Labute approximate surface area is 155 Å². The molecule has 27 heavy (non-hydrogen) atoms. The lowest BCUT2D eigenvalue weighted by Gasteiger charge is -2.31. The number of imidazole rings is 1. The molecular formula is C20H19FN4O2. The van der Waals surface area contributed by atoms with Crippen molar-refractivity contribution in [3.63, 3.8) is 0 Å². The van der Waals surface area contributed by atoms with Gasteiger partial charge in [0.25, 0.3) is 5.91 Å². The first kappa shape index (κ1) is 17.2. The van der Waals surface area contributed by atoms with E-state index in [0.717, 1.165) is 24.1 Å². The molecule has 1 aromatic carbocycles. The van der Waals surface area contributed by atoms with Crippen LogP contribution in [0, 0.1) is 11.7 Å². The number of hydrogen-bond donors (Lipinski definition) is 1. The van der Waals surface area contributed by atoms with Crippen LogP contribution in [0.3, 0.4) is 0 Å². The highest BCUT2D eigenvalue weighted by molar-refractivity contribution is 5.95.